The fourth-order valence-electron chi connectivity index (χ4n) is 0. The van der Waals surface area contributed by atoms with Crippen molar-refractivity contribution in [3.8, 4) is 0 Å². The maximum absolute atomic E-state index is 0. The summed E-state index contributed by atoms with van der Waals surface area (Å²) in [5, 5.41) is 0. The van der Waals surface area contributed by atoms with Crippen molar-refractivity contribution in [3.63, 3.8) is 0 Å². The molecule has 0 amide bonds. The van der Waals surface area contributed by atoms with E-state index >= 15 is 0 Å². The first-order valence-corrected chi connectivity index (χ1v) is 0. The van der Waals surface area contributed by atoms with Gasteiger partial charge in [-0.05, 0) is 0 Å². The minimum Gasteiger partial charge on any atom is -1.00 e. The van der Waals surface area contributed by atoms with Crippen molar-refractivity contribution < 1.29 is 75.3 Å². The van der Waals surface area contributed by atoms with Gasteiger partial charge in [0, 0.05) is 0 Å². The van der Waals surface area contributed by atoms with Crippen LogP contribution >= 0.6 is 0 Å². The Morgan fingerprint density at radius 2 is 0.231 bits per heavy atom. The number of hydrogen-bond acceptors (Lipinski definition) is 0. The Morgan fingerprint density at radius 1 is 0.231 bits per heavy atom. The summed E-state index contributed by atoms with van der Waals surface area (Å²) in [4.78, 5) is 0. The molecule has 0 aliphatic carbocycles. The molecule has 13 heteroatoms. The van der Waals surface area contributed by atoms with Gasteiger partial charge in [-0.25, -0.2) is 0 Å². The average Bonchev–Trinajstić information content (AvgIpc) is 0. The molecule has 0 aromatic heterocycles. The van der Waals surface area contributed by atoms with Crippen LogP contribution in [0.25, 0.3) is 0 Å². The van der Waals surface area contributed by atoms with E-state index in [2.05, 4.69) is 0 Å². The van der Waals surface area contributed by atoms with Crippen LogP contribution in [-0.2, 0) is 0 Å². The van der Waals surface area contributed by atoms with Crippen molar-refractivity contribution in [1.29, 1.82) is 0 Å². The van der Waals surface area contributed by atoms with Gasteiger partial charge in [-0.3, -0.25) is 51.7 Å². The molecular weight excluding hydrogens is 235 g/mol. The summed E-state index contributed by atoms with van der Waals surface area (Å²) in [7, 11) is 0. The van der Waals surface area contributed by atoms with E-state index in [1.807, 2.05) is 0 Å². The molecule has 0 saturated heterocycles. The van der Waals surface area contributed by atoms with Gasteiger partial charge < -0.3 is 4.70 Å². The first-order valence-electron chi connectivity index (χ1n) is 0. The Kier molecular flexibility index (Phi) is 53300000. The van der Waals surface area contributed by atoms with Gasteiger partial charge in [-0.2, -0.15) is 0 Å². The van der Waals surface area contributed by atoms with E-state index in [0.717, 1.165) is 0 Å². The van der Waals surface area contributed by atoms with Crippen LogP contribution in [0.1, 0.15) is 0 Å². The van der Waals surface area contributed by atoms with Crippen LogP contribution in [0.2, 0.25) is 0 Å². The van der Waals surface area contributed by atoms with Crippen LogP contribution in [0.5, 0.6) is 0 Å². The van der Waals surface area contributed by atoms with Gasteiger partial charge in [0.15, 0.2) is 0 Å². The van der Waals surface area contributed by atoms with E-state index in [9.17, 15) is 0 Å². The molecule has 0 radical (unpaired) electrons. The Bertz CT molecular complexity index is 5.09. The Balaban J connectivity index is 0. The maximum atomic E-state index is 0. The third kappa shape index (κ3) is 19000. The summed E-state index contributed by atoms with van der Waals surface area (Å²) < 4.78 is 0. The fourth-order valence-corrected chi connectivity index (χ4v) is 0. The second kappa shape index (κ2) is 23100. The van der Waals surface area contributed by atoms with Crippen molar-refractivity contribution in [2.24, 2.45) is 0 Å². The predicted octanol–water partition coefficient (Wildman–Crippen LogP) is -4.31. The number of halogens is 12. The molecule has 0 aliphatic rings. The Morgan fingerprint density at radius 3 is 0.231 bits per heavy atom. The van der Waals surface area contributed by atoms with Crippen molar-refractivity contribution in [2.45, 2.75) is 0 Å². The molecule has 0 saturated carbocycles. The second-order valence-electron chi connectivity index (χ2n) is 0. The molecular formula is H11F12Li. The third-order valence-electron chi connectivity index (χ3n) is 0. The summed E-state index contributed by atoms with van der Waals surface area (Å²) in [5.74, 6) is 0. The molecule has 0 aromatic rings. The summed E-state index contributed by atoms with van der Waals surface area (Å²) in [6, 6.07) is 0. The van der Waals surface area contributed by atoms with Crippen LogP contribution in [-0.4, -0.2) is 0 Å². The van der Waals surface area contributed by atoms with Crippen molar-refractivity contribution in [2.75, 3.05) is 0 Å². The third-order valence-corrected chi connectivity index (χ3v) is 0. The summed E-state index contributed by atoms with van der Waals surface area (Å²) >= 11 is 0. The summed E-state index contributed by atoms with van der Waals surface area (Å²) in [6.45, 7) is 0. The van der Waals surface area contributed by atoms with Gasteiger partial charge in [-0.15, -0.1) is 0 Å². The molecule has 0 rings (SSSR count). The first kappa shape index (κ1) is 30000. The van der Waals surface area contributed by atoms with Crippen molar-refractivity contribution in [1.82, 2.24) is 0 Å². The SMILES string of the molecule is F.F.F.F.F.F.F.F.F.F.F.[F-].[Li+]. The van der Waals surface area contributed by atoms with E-state index in [4.69, 9.17) is 0 Å². The summed E-state index contributed by atoms with van der Waals surface area (Å²) in [5.41, 5.74) is 0. The second-order valence-corrected chi connectivity index (χ2v) is 0. The molecule has 0 aromatic carbocycles. The van der Waals surface area contributed by atoms with Gasteiger partial charge in [-0.1, -0.05) is 0 Å². The normalized spacial score (nSPS) is 0. The van der Waals surface area contributed by atoms with E-state index in [1.54, 1.807) is 0 Å². The monoisotopic (exact) mass is 246 g/mol. The maximum Gasteiger partial charge on any atom is 1.00 e. The van der Waals surface area contributed by atoms with Crippen LogP contribution in [0.3, 0.4) is 0 Å². The minimum absolute atomic E-state index is 0. The molecule has 0 aliphatic heterocycles. The van der Waals surface area contributed by atoms with E-state index < -0.39 is 0 Å². The van der Waals surface area contributed by atoms with Crippen LogP contribution in [0, 0.1) is 0 Å². The Labute approximate surface area is 76.4 Å². The first-order chi connectivity index (χ1) is 0. The number of hydrogen-bond donors (Lipinski definition) is 0. The zero-order chi connectivity index (χ0) is 0. The molecule has 0 spiro atoms. The summed E-state index contributed by atoms with van der Waals surface area (Å²) in [6.07, 6.45) is 0. The molecule has 0 heterocycles. The minimum atomic E-state index is 0. The standard InChI is InChI=1S/12FH.Li/h12*1H;/q;;;;;;;;;;;;+1/p-1. The van der Waals surface area contributed by atoms with Gasteiger partial charge in [0.1, 0.15) is 0 Å². The van der Waals surface area contributed by atoms with Crippen molar-refractivity contribution in [3.05, 3.63) is 0 Å². The van der Waals surface area contributed by atoms with Gasteiger partial charge >= 0.3 is 18.9 Å². The van der Waals surface area contributed by atoms with Crippen LogP contribution in [0.4, 0.5) is 51.7 Å². The topological polar surface area (TPSA) is 0 Å². The smallest absolute Gasteiger partial charge is 1.00 e. The zero-order valence-corrected chi connectivity index (χ0v) is 5.87. The molecule has 0 fully saturated rings. The van der Waals surface area contributed by atoms with E-state index in [1.165, 1.54) is 0 Å². The van der Waals surface area contributed by atoms with E-state index in [0.29, 0.717) is 0 Å². The molecule has 0 nitrogen and oxygen atoms in total. The molecule has 0 bridgehead atoms. The van der Waals surface area contributed by atoms with Gasteiger partial charge in [0.2, 0.25) is 0 Å². The molecule has 0 N–H and O–H groups in total. The van der Waals surface area contributed by atoms with Gasteiger partial charge in [0.25, 0.3) is 0 Å². The molecule has 96 valence electrons. The van der Waals surface area contributed by atoms with Crippen LogP contribution < -0.4 is 23.6 Å². The fraction of sp³-hybridized carbons (Fsp3) is 0. The van der Waals surface area contributed by atoms with Crippen molar-refractivity contribution >= 4 is 0 Å². The van der Waals surface area contributed by atoms with Gasteiger partial charge in [0.05, 0.1) is 0 Å². The average molecular weight is 246 g/mol. The molecule has 13 heavy (non-hydrogen) atoms. The Hall–Kier alpha value is -0.243. The zero-order valence-electron chi connectivity index (χ0n) is 5.87. The predicted molar refractivity (Wildman–Crippen MR) is 27.5 cm³/mol. The van der Waals surface area contributed by atoms with Crippen LogP contribution in [0.15, 0.2) is 0 Å². The molecule has 0 atom stereocenters. The largest absolute Gasteiger partial charge is 1.00 e. The number of rotatable bonds is 0. The van der Waals surface area contributed by atoms with E-state index in [-0.39, 0.29) is 75.3 Å². The molecule has 0 unspecified atom stereocenters. The quantitative estimate of drug-likeness (QED) is 0.299.